The number of para-hydroxylation sites is 1. The van der Waals surface area contributed by atoms with E-state index in [-0.39, 0.29) is 24.2 Å². The van der Waals surface area contributed by atoms with Gasteiger partial charge in [0.05, 0.1) is 17.6 Å². The van der Waals surface area contributed by atoms with Gasteiger partial charge >= 0.3 is 0 Å². The van der Waals surface area contributed by atoms with Crippen LogP contribution in [-0.4, -0.2) is 24.2 Å². The minimum atomic E-state index is -0.561. The van der Waals surface area contributed by atoms with Gasteiger partial charge in [-0.05, 0) is 42.5 Å². The van der Waals surface area contributed by atoms with Crippen LogP contribution in [0.1, 0.15) is 43.4 Å². The molecule has 0 saturated carbocycles. The van der Waals surface area contributed by atoms with Crippen LogP contribution >= 0.6 is 0 Å². The van der Waals surface area contributed by atoms with Crippen LogP contribution in [0.4, 0.5) is 5.69 Å². The third-order valence-electron chi connectivity index (χ3n) is 6.90. The number of amides is 1. The number of carbonyl (C=O) groups is 1. The number of benzene rings is 3. The third-order valence-corrected chi connectivity index (χ3v) is 6.90. The summed E-state index contributed by atoms with van der Waals surface area (Å²) < 4.78 is 6.14. The first-order chi connectivity index (χ1) is 15.1. The highest BCUT2D eigenvalue weighted by molar-refractivity contribution is 6.10. The van der Waals surface area contributed by atoms with Crippen LogP contribution in [-0.2, 0) is 21.4 Å². The van der Waals surface area contributed by atoms with Gasteiger partial charge < -0.3 is 9.64 Å². The third kappa shape index (κ3) is 3.37. The highest BCUT2D eigenvalue weighted by atomic mass is 16.6. The number of hydrogen-bond acceptors (Lipinski definition) is 2. The molecule has 0 aromatic heterocycles. The minimum Gasteiger partial charge on any atom is -0.367 e. The van der Waals surface area contributed by atoms with Gasteiger partial charge in [0.1, 0.15) is 6.10 Å². The lowest BCUT2D eigenvalue weighted by Crippen LogP contribution is -2.73. The molecular formula is C28H29NO2. The van der Waals surface area contributed by atoms with Crippen LogP contribution in [0.5, 0.6) is 0 Å². The Bertz CT molecular complexity index is 1060. The fraction of sp³-hybridized carbons (Fsp3) is 0.321. The van der Waals surface area contributed by atoms with Gasteiger partial charge in [-0.3, -0.25) is 4.79 Å². The van der Waals surface area contributed by atoms with E-state index in [0.717, 1.165) is 30.5 Å². The molecule has 31 heavy (non-hydrogen) atoms. The minimum absolute atomic E-state index is 0.0101. The van der Waals surface area contributed by atoms with Gasteiger partial charge in [-0.2, -0.15) is 0 Å². The van der Waals surface area contributed by atoms with Gasteiger partial charge in [0.2, 0.25) is 5.91 Å². The smallest absolute Gasteiger partial charge is 0.239 e. The van der Waals surface area contributed by atoms with E-state index in [4.69, 9.17) is 4.74 Å². The van der Waals surface area contributed by atoms with E-state index in [9.17, 15) is 4.79 Å². The topological polar surface area (TPSA) is 32.8 Å². The summed E-state index contributed by atoms with van der Waals surface area (Å²) in [7, 11) is 0. The van der Waals surface area contributed by atoms with Crippen molar-refractivity contribution in [3.05, 3.63) is 102 Å². The molecule has 0 bridgehead atoms. The quantitative estimate of drug-likeness (QED) is 0.379. The molecule has 0 spiro atoms. The zero-order valence-corrected chi connectivity index (χ0v) is 18.2. The largest absolute Gasteiger partial charge is 0.367 e. The Balaban J connectivity index is 1.53. The molecule has 3 heteroatoms. The lowest BCUT2D eigenvalue weighted by Gasteiger charge is -2.55. The monoisotopic (exact) mass is 411 g/mol. The number of nitrogens with zero attached hydrogens (tertiary/aromatic N) is 1. The molecule has 2 aliphatic heterocycles. The Morgan fingerprint density at radius 3 is 2.26 bits per heavy atom. The van der Waals surface area contributed by atoms with Gasteiger partial charge in [0.25, 0.3) is 0 Å². The first-order valence-electron chi connectivity index (χ1n) is 11.3. The van der Waals surface area contributed by atoms with Crippen LogP contribution in [0.2, 0.25) is 0 Å². The molecule has 0 aliphatic carbocycles. The van der Waals surface area contributed by atoms with Gasteiger partial charge in [0, 0.05) is 5.69 Å². The van der Waals surface area contributed by atoms with Crippen molar-refractivity contribution >= 4 is 11.6 Å². The molecule has 0 radical (unpaired) electrons. The molecule has 0 unspecified atom stereocenters. The molecule has 2 fully saturated rings. The molecule has 4 atom stereocenters. The van der Waals surface area contributed by atoms with Crippen LogP contribution < -0.4 is 4.90 Å². The highest BCUT2D eigenvalue weighted by Gasteiger charge is 2.67. The van der Waals surface area contributed by atoms with Crippen LogP contribution in [0.15, 0.2) is 84.9 Å². The zero-order valence-electron chi connectivity index (χ0n) is 18.2. The van der Waals surface area contributed by atoms with E-state index >= 15 is 0 Å². The number of carbonyl (C=O) groups excluding carboxylic acids is 1. The van der Waals surface area contributed by atoms with E-state index in [1.54, 1.807) is 0 Å². The van der Waals surface area contributed by atoms with Crippen LogP contribution in [0.25, 0.3) is 0 Å². The lowest BCUT2D eigenvalue weighted by atomic mass is 9.65. The maximum Gasteiger partial charge on any atom is 0.239 e. The van der Waals surface area contributed by atoms with Crippen molar-refractivity contribution < 1.29 is 9.53 Å². The van der Waals surface area contributed by atoms with Gasteiger partial charge in [0.15, 0.2) is 0 Å². The molecule has 2 saturated heterocycles. The number of rotatable bonds is 7. The fourth-order valence-electron chi connectivity index (χ4n) is 5.17. The fourth-order valence-corrected chi connectivity index (χ4v) is 5.17. The summed E-state index contributed by atoms with van der Waals surface area (Å²) in [4.78, 5) is 15.8. The summed E-state index contributed by atoms with van der Waals surface area (Å²) in [5, 5.41) is 0. The summed E-state index contributed by atoms with van der Waals surface area (Å²) in [6.07, 6.45) is 3.27. The normalized spacial score (nSPS) is 27.1. The Kier molecular flexibility index (Phi) is 5.15. The van der Waals surface area contributed by atoms with Crippen molar-refractivity contribution in [1.82, 2.24) is 0 Å². The summed E-state index contributed by atoms with van der Waals surface area (Å²) in [5.74, 6) is 0.162. The predicted molar refractivity (Wildman–Crippen MR) is 124 cm³/mol. The number of ether oxygens (including phenoxy) is 1. The Morgan fingerprint density at radius 1 is 0.903 bits per heavy atom. The number of hydrogen-bond donors (Lipinski definition) is 0. The molecule has 1 amide bonds. The maximum absolute atomic E-state index is 13.8. The first-order valence-corrected chi connectivity index (χ1v) is 11.3. The molecule has 5 rings (SSSR count). The second-order valence-electron chi connectivity index (χ2n) is 8.91. The zero-order chi connectivity index (χ0) is 21.4. The summed E-state index contributed by atoms with van der Waals surface area (Å²) in [5.41, 5.74) is 3.95. The van der Waals surface area contributed by atoms with E-state index in [2.05, 4.69) is 68.4 Å². The molecule has 158 valence electrons. The van der Waals surface area contributed by atoms with Crippen molar-refractivity contribution in [2.45, 2.75) is 56.8 Å². The Hall–Kier alpha value is -2.91. The first kappa shape index (κ1) is 20.0. The van der Waals surface area contributed by atoms with Crippen molar-refractivity contribution in [2.75, 3.05) is 4.90 Å². The SMILES string of the molecule is CCC[C@@H]1O[C@H]1[C@@H]1N(c2ccccc2Cc2ccccc2)C(=O)[C@@]1(C)c1ccccc1. The number of β-lactam (4-membered cyclic amide) rings is 1. The van der Waals surface area contributed by atoms with E-state index in [1.165, 1.54) is 11.1 Å². The van der Waals surface area contributed by atoms with Gasteiger partial charge in [-0.1, -0.05) is 92.2 Å². The highest BCUT2D eigenvalue weighted by Crippen LogP contribution is 2.52. The maximum atomic E-state index is 13.8. The summed E-state index contributed by atoms with van der Waals surface area (Å²) in [6.45, 7) is 4.28. The average Bonchev–Trinajstić information content (AvgIpc) is 3.56. The van der Waals surface area contributed by atoms with E-state index in [0.29, 0.717) is 0 Å². The van der Waals surface area contributed by atoms with Crippen molar-refractivity contribution in [1.29, 1.82) is 0 Å². The molecule has 3 aromatic rings. The lowest BCUT2D eigenvalue weighted by molar-refractivity contribution is -0.132. The molecule has 0 N–H and O–H groups in total. The second kappa shape index (κ2) is 7.97. The van der Waals surface area contributed by atoms with Crippen LogP contribution in [0, 0.1) is 0 Å². The molecule has 3 nitrogen and oxygen atoms in total. The molecular weight excluding hydrogens is 382 g/mol. The van der Waals surface area contributed by atoms with E-state index < -0.39 is 5.41 Å². The average molecular weight is 412 g/mol. The summed E-state index contributed by atoms with van der Waals surface area (Å²) >= 11 is 0. The van der Waals surface area contributed by atoms with Crippen LogP contribution in [0.3, 0.4) is 0 Å². The molecule has 2 aliphatic rings. The van der Waals surface area contributed by atoms with Gasteiger partial charge in [-0.25, -0.2) is 0 Å². The predicted octanol–water partition coefficient (Wildman–Crippen LogP) is 5.52. The van der Waals surface area contributed by atoms with Crippen molar-refractivity contribution in [3.63, 3.8) is 0 Å². The van der Waals surface area contributed by atoms with Gasteiger partial charge in [-0.15, -0.1) is 0 Å². The van der Waals surface area contributed by atoms with Crippen molar-refractivity contribution in [2.24, 2.45) is 0 Å². The number of epoxide rings is 1. The van der Waals surface area contributed by atoms with Crippen molar-refractivity contribution in [3.8, 4) is 0 Å². The van der Waals surface area contributed by atoms with E-state index in [1.807, 2.05) is 35.2 Å². The standard InChI is InChI=1S/C28H29NO2/c1-3-12-24-25(31-24)26-28(2,22-16-8-5-9-17-22)27(30)29(26)23-18-11-10-15-21(23)19-20-13-6-4-7-14-20/h4-11,13-18,24-26H,3,12,19H2,1-2H3/t24-,25+,26-,28-/m0/s1. The summed E-state index contributed by atoms with van der Waals surface area (Å²) in [6, 6.07) is 29.0. The molecule has 3 aromatic carbocycles. The molecule has 2 heterocycles. The Morgan fingerprint density at radius 2 is 1.55 bits per heavy atom. The Labute approximate surface area is 184 Å². The number of anilines is 1. The second-order valence-corrected chi connectivity index (χ2v) is 8.91.